The Morgan fingerprint density at radius 3 is 2.40 bits per heavy atom. The van der Waals surface area contributed by atoms with E-state index in [9.17, 15) is 9.59 Å². The molecule has 6 fully saturated rings. The normalized spacial score (nSPS) is 47.3. The van der Waals surface area contributed by atoms with Crippen LogP contribution in [-0.2, 0) is 33.2 Å². The average molecular weight is 598 g/mol. The summed E-state index contributed by atoms with van der Waals surface area (Å²) in [4.78, 5) is 29.5. The quantitative estimate of drug-likeness (QED) is 0.396. The van der Waals surface area contributed by atoms with Crippen molar-refractivity contribution in [3.05, 3.63) is 35.9 Å². The van der Waals surface area contributed by atoms with Gasteiger partial charge in [-0.15, -0.1) is 0 Å². The number of carbonyl (C=O) groups excluding carboxylic acids is 2. The minimum atomic E-state index is -0.922. The van der Waals surface area contributed by atoms with Crippen molar-refractivity contribution in [3.8, 4) is 0 Å². The van der Waals surface area contributed by atoms with Gasteiger partial charge in [0.05, 0.1) is 30.5 Å². The summed E-state index contributed by atoms with van der Waals surface area (Å²) in [5, 5.41) is 0. The van der Waals surface area contributed by atoms with Gasteiger partial charge in [0, 0.05) is 88.9 Å². The fourth-order valence-electron chi connectivity index (χ4n) is 12.3. The van der Waals surface area contributed by atoms with Crippen LogP contribution in [0, 0.1) is 40.4 Å². The summed E-state index contributed by atoms with van der Waals surface area (Å²) in [6, 6.07) is 9.26. The first-order valence-corrected chi connectivity index (χ1v) is 16.0. The number of piperidine rings is 1. The molecule has 6 aliphatic rings. The van der Waals surface area contributed by atoms with Gasteiger partial charge in [0.25, 0.3) is 0 Å². The number of benzene rings is 1. The zero-order valence-electron chi connectivity index (χ0n) is 26.3. The summed E-state index contributed by atoms with van der Waals surface area (Å²) in [5.74, 6) is -0.797. The van der Waals surface area contributed by atoms with Crippen molar-refractivity contribution in [1.82, 2.24) is 4.90 Å². The van der Waals surface area contributed by atoms with Gasteiger partial charge in [0.15, 0.2) is 0 Å². The molecular formula is C34H47NO8. The molecule has 9 nitrogen and oxygen atoms in total. The lowest BCUT2D eigenvalue weighted by molar-refractivity contribution is -0.280. The van der Waals surface area contributed by atoms with E-state index in [1.807, 2.05) is 32.4 Å². The van der Waals surface area contributed by atoms with Crippen LogP contribution in [0.5, 0.6) is 0 Å². The van der Waals surface area contributed by atoms with Crippen LogP contribution in [0.3, 0.4) is 0 Å². The molecule has 1 aromatic rings. The Bertz CT molecular complexity index is 1240. The number of rotatable bonds is 9. The highest BCUT2D eigenvalue weighted by Gasteiger charge is 2.88. The Labute approximate surface area is 254 Å². The highest BCUT2D eigenvalue weighted by atomic mass is 16.6. The number of methoxy groups -OCH3 is 4. The van der Waals surface area contributed by atoms with Crippen molar-refractivity contribution < 1.29 is 38.0 Å². The molecule has 1 spiro atoms. The first-order chi connectivity index (χ1) is 20.8. The minimum Gasteiger partial charge on any atom is -0.458 e. The summed E-state index contributed by atoms with van der Waals surface area (Å²) >= 11 is 0. The van der Waals surface area contributed by atoms with Crippen LogP contribution in [0.2, 0.25) is 0 Å². The van der Waals surface area contributed by atoms with Crippen LogP contribution < -0.4 is 0 Å². The molecule has 7 bridgehead atoms. The van der Waals surface area contributed by atoms with Gasteiger partial charge in [-0.05, 0) is 43.9 Å². The molecule has 5 aliphatic carbocycles. The van der Waals surface area contributed by atoms with Gasteiger partial charge < -0.3 is 28.4 Å². The number of nitrogens with zero attached hydrogens (tertiary/aromatic N) is 1. The van der Waals surface area contributed by atoms with Gasteiger partial charge in [-0.2, -0.15) is 0 Å². The molecule has 9 heteroatoms. The molecule has 5 saturated carbocycles. The molecule has 0 radical (unpaired) electrons. The molecule has 0 N–H and O–H groups in total. The van der Waals surface area contributed by atoms with Crippen molar-refractivity contribution in [1.29, 1.82) is 0 Å². The first-order valence-electron chi connectivity index (χ1n) is 16.0. The van der Waals surface area contributed by atoms with E-state index < -0.39 is 11.7 Å². The second-order valence-corrected chi connectivity index (χ2v) is 14.1. The SMILES string of the molecule is CCN1C[C@@]2(COC)CC[C@@H](OC)[C@]34[C@@H]1[C@H]([C@H](OC)[C@@H]23)[C@]1(OC(C)=O)C[C@H](OC)[C@@H]2C[C@H]4[C@H]1[C@H]2OC(=O)c1ccccc1. The fourth-order valence-corrected chi connectivity index (χ4v) is 12.3. The summed E-state index contributed by atoms with van der Waals surface area (Å²) in [5.41, 5.74) is -0.816. The Morgan fingerprint density at radius 1 is 1.00 bits per heavy atom. The molecule has 1 aromatic carbocycles. The van der Waals surface area contributed by atoms with E-state index in [0.29, 0.717) is 18.6 Å². The van der Waals surface area contributed by atoms with Gasteiger partial charge in [-0.1, -0.05) is 25.1 Å². The molecule has 1 saturated heterocycles. The summed E-state index contributed by atoms with van der Waals surface area (Å²) in [6.07, 6.45) is 2.42. The summed E-state index contributed by atoms with van der Waals surface area (Å²) in [7, 11) is 7.20. The largest absolute Gasteiger partial charge is 0.458 e. The van der Waals surface area contributed by atoms with E-state index in [0.717, 1.165) is 32.4 Å². The number of hydrogen-bond acceptors (Lipinski definition) is 9. The lowest BCUT2D eigenvalue weighted by Gasteiger charge is -2.69. The van der Waals surface area contributed by atoms with E-state index in [1.54, 1.807) is 26.4 Å². The zero-order chi connectivity index (χ0) is 30.3. The van der Waals surface area contributed by atoms with Crippen molar-refractivity contribution in [3.63, 3.8) is 0 Å². The maximum atomic E-state index is 13.7. The van der Waals surface area contributed by atoms with Gasteiger partial charge in [-0.25, -0.2) is 4.79 Å². The number of likely N-dealkylation sites (tertiary alicyclic amines) is 1. The topological polar surface area (TPSA) is 92.8 Å². The number of esters is 2. The second kappa shape index (κ2) is 10.5. The van der Waals surface area contributed by atoms with Crippen LogP contribution in [0.4, 0.5) is 0 Å². The lowest BCUT2D eigenvalue weighted by atomic mass is 9.43. The van der Waals surface area contributed by atoms with E-state index in [2.05, 4.69) is 11.8 Å². The minimum absolute atomic E-state index is 0.00405. The van der Waals surface area contributed by atoms with E-state index in [-0.39, 0.29) is 76.7 Å². The standard InChI is InChI=1S/C34H47NO8/c1-7-35-17-32(18-38-3)14-13-24(40-5)34-22-15-21-23(39-4)16-33(43-19(2)36,26(30(34)35)28(41-6)29(32)34)25(22)27(21)42-31(37)20-11-9-8-10-12-20/h8-12,21-30H,7,13-18H2,1-6H3/t21-,22-,23-,24+,25-,26-,27-,28-,29-,30-,32+,33-,34-/m0/s1. The smallest absolute Gasteiger partial charge is 0.338 e. The molecule has 1 aliphatic heterocycles. The molecule has 43 heavy (non-hydrogen) atoms. The van der Waals surface area contributed by atoms with Gasteiger partial charge in [-0.3, -0.25) is 9.69 Å². The maximum Gasteiger partial charge on any atom is 0.338 e. The lowest BCUT2D eigenvalue weighted by Crippen LogP contribution is -2.77. The molecule has 236 valence electrons. The van der Waals surface area contributed by atoms with Crippen LogP contribution in [0.15, 0.2) is 30.3 Å². The number of carbonyl (C=O) groups is 2. The van der Waals surface area contributed by atoms with Gasteiger partial charge in [0.1, 0.15) is 11.7 Å². The Hall–Kier alpha value is -2.04. The third-order valence-electron chi connectivity index (χ3n) is 12.9. The molecule has 1 heterocycles. The Morgan fingerprint density at radius 2 is 1.77 bits per heavy atom. The van der Waals surface area contributed by atoms with Crippen molar-refractivity contribution in [2.75, 3.05) is 48.1 Å². The second-order valence-electron chi connectivity index (χ2n) is 14.1. The monoisotopic (exact) mass is 597 g/mol. The average Bonchev–Trinajstić information content (AvgIpc) is 3.43. The number of hydrogen-bond donors (Lipinski definition) is 0. The highest BCUT2D eigenvalue weighted by molar-refractivity contribution is 5.89. The van der Waals surface area contributed by atoms with E-state index in [4.69, 9.17) is 28.4 Å². The maximum absolute atomic E-state index is 13.7. The zero-order valence-corrected chi connectivity index (χ0v) is 26.3. The molecule has 0 aromatic heterocycles. The predicted octanol–water partition coefficient (Wildman–Crippen LogP) is 3.59. The van der Waals surface area contributed by atoms with E-state index in [1.165, 1.54) is 6.92 Å². The van der Waals surface area contributed by atoms with Crippen molar-refractivity contribution in [2.45, 2.75) is 75.6 Å². The van der Waals surface area contributed by atoms with Crippen LogP contribution in [0.25, 0.3) is 0 Å². The summed E-state index contributed by atoms with van der Waals surface area (Å²) < 4.78 is 38.7. The van der Waals surface area contributed by atoms with E-state index >= 15 is 0 Å². The molecule has 0 unspecified atom stereocenters. The fraction of sp³-hybridized carbons (Fsp3) is 0.765. The Kier molecular flexibility index (Phi) is 7.25. The molecule has 0 amide bonds. The Balaban J connectivity index is 1.46. The van der Waals surface area contributed by atoms with Crippen LogP contribution in [-0.4, -0.2) is 101 Å². The first kappa shape index (κ1) is 29.7. The van der Waals surface area contributed by atoms with Crippen molar-refractivity contribution in [2.24, 2.45) is 40.4 Å². The van der Waals surface area contributed by atoms with Gasteiger partial charge in [0.2, 0.25) is 0 Å². The number of fused-ring (bicyclic) bond motifs is 2. The molecular weight excluding hydrogens is 550 g/mol. The van der Waals surface area contributed by atoms with Crippen LogP contribution in [0.1, 0.15) is 49.9 Å². The van der Waals surface area contributed by atoms with Crippen LogP contribution >= 0.6 is 0 Å². The third-order valence-corrected chi connectivity index (χ3v) is 12.9. The van der Waals surface area contributed by atoms with Gasteiger partial charge >= 0.3 is 11.9 Å². The highest BCUT2D eigenvalue weighted by Crippen LogP contribution is 2.80. The summed E-state index contributed by atoms with van der Waals surface area (Å²) in [6.45, 7) is 6.16. The predicted molar refractivity (Wildman–Crippen MR) is 156 cm³/mol. The third kappa shape index (κ3) is 3.69. The van der Waals surface area contributed by atoms with Crippen molar-refractivity contribution >= 4 is 11.9 Å². The number of ether oxygens (including phenoxy) is 6. The molecule has 7 rings (SSSR count). The molecule has 13 atom stereocenters.